The van der Waals surface area contributed by atoms with Crippen LogP contribution >= 0.6 is 0 Å². The second-order valence-corrected chi connectivity index (χ2v) is 7.97. The molecule has 8 heteroatoms. The Bertz CT molecular complexity index is 1150. The summed E-state index contributed by atoms with van der Waals surface area (Å²) in [5.41, 5.74) is 1.91. The summed E-state index contributed by atoms with van der Waals surface area (Å²) in [6.07, 6.45) is 1.93. The molecule has 0 aliphatic rings. The van der Waals surface area contributed by atoms with Crippen molar-refractivity contribution in [1.82, 2.24) is 9.71 Å². The number of ketones is 1. The number of nitrogens with one attached hydrogen (secondary N) is 2. The molecule has 3 aromatic rings. The molecular formula is C21H20N2O5S. The second-order valence-electron chi connectivity index (χ2n) is 6.32. The van der Waals surface area contributed by atoms with Gasteiger partial charge in [-0.3, -0.25) is 9.59 Å². The maximum Gasteiger partial charge on any atom is 0.321 e. The highest BCUT2D eigenvalue weighted by Gasteiger charge is 2.22. The molecule has 150 valence electrons. The number of carbonyl (C=O) groups excluding carboxylic acids is 2. The quantitative estimate of drug-likeness (QED) is 0.437. The van der Waals surface area contributed by atoms with E-state index < -0.39 is 28.6 Å². The first kappa shape index (κ1) is 20.5. The predicted octanol–water partition coefficient (Wildman–Crippen LogP) is 2.87. The summed E-state index contributed by atoms with van der Waals surface area (Å²) in [7, 11) is -3.82. The van der Waals surface area contributed by atoms with Gasteiger partial charge in [0.2, 0.25) is 15.8 Å². The van der Waals surface area contributed by atoms with Crippen LogP contribution in [-0.4, -0.2) is 37.8 Å². The minimum Gasteiger partial charge on any atom is -0.453 e. The minimum atomic E-state index is -3.82. The van der Waals surface area contributed by atoms with Gasteiger partial charge in [0.15, 0.2) is 6.10 Å². The molecule has 1 heterocycles. The smallest absolute Gasteiger partial charge is 0.321 e. The summed E-state index contributed by atoms with van der Waals surface area (Å²) < 4.78 is 31.2. The van der Waals surface area contributed by atoms with Crippen LogP contribution in [0.3, 0.4) is 0 Å². The van der Waals surface area contributed by atoms with Gasteiger partial charge in [-0.2, -0.15) is 0 Å². The normalized spacial score (nSPS) is 12.9. The van der Waals surface area contributed by atoms with Gasteiger partial charge in [-0.15, -0.1) is 0 Å². The lowest BCUT2D eigenvalue weighted by molar-refractivity contribution is -0.144. The molecule has 0 aliphatic heterocycles. The van der Waals surface area contributed by atoms with Crippen LogP contribution in [0.4, 0.5) is 0 Å². The molecule has 7 nitrogen and oxygen atoms in total. The average Bonchev–Trinajstić information content (AvgIpc) is 3.15. The van der Waals surface area contributed by atoms with Gasteiger partial charge in [0.05, 0.1) is 0 Å². The number of Topliss-reactive ketones (excluding diaryl/α,β-unsaturated/α-hetero) is 1. The highest BCUT2D eigenvalue weighted by molar-refractivity contribution is 7.92. The molecule has 0 amide bonds. The summed E-state index contributed by atoms with van der Waals surface area (Å²) in [5.74, 6) is -1.22. The van der Waals surface area contributed by atoms with Crippen molar-refractivity contribution >= 4 is 38.8 Å². The van der Waals surface area contributed by atoms with Crippen molar-refractivity contribution in [3.63, 3.8) is 0 Å². The molecular weight excluding hydrogens is 392 g/mol. The Balaban J connectivity index is 1.56. The number of esters is 1. The van der Waals surface area contributed by atoms with Crippen LogP contribution < -0.4 is 4.72 Å². The van der Waals surface area contributed by atoms with Crippen LogP contribution in [0.2, 0.25) is 0 Å². The van der Waals surface area contributed by atoms with Crippen LogP contribution in [-0.2, 0) is 19.6 Å². The Kier molecular flexibility index (Phi) is 6.26. The molecule has 2 N–H and O–H groups in total. The van der Waals surface area contributed by atoms with Crippen LogP contribution in [0.1, 0.15) is 22.8 Å². The molecule has 1 aromatic heterocycles. The number of H-pyrrole nitrogens is 1. The number of aromatic nitrogens is 1. The van der Waals surface area contributed by atoms with Crippen molar-refractivity contribution in [2.24, 2.45) is 0 Å². The molecule has 1 atom stereocenters. The predicted molar refractivity (Wildman–Crippen MR) is 111 cm³/mol. The van der Waals surface area contributed by atoms with E-state index in [1.807, 2.05) is 18.2 Å². The molecule has 0 bridgehead atoms. The monoisotopic (exact) mass is 412 g/mol. The first-order valence-corrected chi connectivity index (χ1v) is 10.4. The van der Waals surface area contributed by atoms with Gasteiger partial charge < -0.3 is 9.72 Å². The summed E-state index contributed by atoms with van der Waals surface area (Å²) in [4.78, 5) is 27.5. The maximum absolute atomic E-state index is 12.6. The van der Waals surface area contributed by atoms with E-state index in [-0.39, 0.29) is 5.78 Å². The number of carbonyl (C=O) groups is 2. The van der Waals surface area contributed by atoms with E-state index in [9.17, 15) is 18.0 Å². The van der Waals surface area contributed by atoms with Gasteiger partial charge in [-0.25, -0.2) is 13.1 Å². The zero-order chi connectivity index (χ0) is 20.9. The number of aromatic amines is 1. The lowest BCUT2D eigenvalue weighted by atomic mass is 10.1. The zero-order valence-electron chi connectivity index (χ0n) is 15.7. The fraction of sp³-hybridized carbons (Fsp3) is 0.143. The number of rotatable bonds is 8. The number of para-hydroxylation sites is 1. The van der Waals surface area contributed by atoms with Crippen LogP contribution in [0, 0.1) is 0 Å². The van der Waals surface area contributed by atoms with Gasteiger partial charge >= 0.3 is 5.97 Å². The minimum absolute atomic E-state index is 0.373. The molecule has 0 unspecified atom stereocenters. The molecule has 0 saturated carbocycles. The molecule has 3 rings (SSSR count). The van der Waals surface area contributed by atoms with Crippen molar-refractivity contribution in [1.29, 1.82) is 0 Å². The summed E-state index contributed by atoms with van der Waals surface area (Å²) in [6, 6.07) is 16.2. The van der Waals surface area contributed by atoms with Crippen LogP contribution in [0.5, 0.6) is 0 Å². The van der Waals surface area contributed by atoms with E-state index in [0.717, 1.165) is 16.3 Å². The lowest BCUT2D eigenvalue weighted by Crippen LogP contribution is -2.33. The third kappa shape index (κ3) is 5.40. The SMILES string of the molecule is C[C@H](OC(=O)CNS(=O)(=O)/C=C/c1ccccc1)C(=O)c1c[nH]c2ccccc12. The molecule has 0 saturated heterocycles. The van der Waals surface area contributed by atoms with E-state index in [1.165, 1.54) is 13.0 Å². The fourth-order valence-corrected chi connectivity index (χ4v) is 3.48. The van der Waals surface area contributed by atoms with Crippen LogP contribution in [0.15, 0.2) is 66.2 Å². The van der Waals surface area contributed by atoms with E-state index >= 15 is 0 Å². The van der Waals surface area contributed by atoms with Crippen molar-refractivity contribution < 1.29 is 22.7 Å². The second kappa shape index (κ2) is 8.85. The Morgan fingerprint density at radius 3 is 2.55 bits per heavy atom. The van der Waals surface area contributed by atoms with Crippen molar-refractivity contribution in [2.45, 2.75) is 13.0 Å². The molecule has 29 heavy (non-hydrogen) atoms. The number of hydrogen-bond donors (Lipinski definition) is 2. The van der Waals surface area contributed by atoms with E-state index in [0.29, 0.717) is 11.1 Å². The fourth-order valence-electron chi connectivity index (χ4n) is 2.73. The van der Waals surface area contributed by atoms with E-state index in [1.54, 1.807) is 42.6 Å². The number of benzene rings is 2. The molecule has 0 aliphatic carbocycles. The van der Waals surface area contributed by atoms with Crippen molar-refractivity contribution in [3.8, 4) is 0 Å². The zero-order valence-corrected chi connectivity index (χ0v) is 16.5. The standard InChI is InChI=1S/C21H20N2O5S/c1-15(21(25)18-13-22-19-10-6-5-9-17(18)19)28-20(24)14-23-29(26,27)12-11-16-7-3-2-4-8-16/h2-13,15,22-23H,14H2,1H3/b12-11+/t15-/m0/s1. The number of sulfonamides is 1. The van der Waals surface area contributed by atoms with Gasteiger partial charge in [-0.05, 0) is 24.6 Å². The number of ether oxygens (including phenoxy) is 1. The number of hydrogen-bond acceptors (Lipinski definition) is 5. The number of fused-ring (bicyclic) bond motifs is 1. The Hall–Kier alpha value is -3.23. The highest BCUT2D eigenvalue weighted by atomic mass is 32.2. The first-order valence-electron chi connectivity index (χ1n) is 8.88. The van der Waals surface area contributed by atoms with Crippen molar-refractivity contribution in [2.75, 3.05) is 6.54 Å². The van der Waals surface area contributed by atoms with Crippen LogP contribution in [0.25, 0.3) is 17.0 Å². The Morgan fingerprint density at radius 2 is 1.79 bits per heavy atom. The topological polar surface area (TPSA) is 105 Å². The van der Waals surface area contributed by atoms with Gasteiger partial charge in [0.25, 0.3) is 0 Å². The third-order valence-corrected chi connectivity index (χ3v) is 5.23. The van der Waals surface area contributed by atoms with Gasteiger partial charge in [0.1, 0.15) is 6.54 Å². The van der Waals surface area contributed by atoms with Gasteiger partial charge in [-0.1, -0.05) is 48.5 Å². The maximum atomic E-state index is 12.6. The Morgan fingerprint density at radius 1 is 1.10 bits per heavy atom. The van der Waals surface area contributed by atoms with E-state index in [2.05, 4.69) is 9.71 Å². The molecule has 0 spiro atoms. The third-order valence-electron chi connectivity index (χ3n) is 4.19. The summed E-state index contributed by atoms with van der Waals surface area (Å²) >= 11 is 0. The molecule has 0 radical (unpaired) electrons. The van der Waals surface area contributed by atoms with E-state index in [4.69, 9.17) is 4.74 Å². The van der Waals surface area contributed by atoms with Crippen molar-refractivity contribution in [3.05, 3.63) is 77.3 Å². The summed E-state index contributed by atoms with van der Waals surface area (Å²) in [5, 5.41) is 1.70. The highest BCUT2D eigenvalue weighted by Crippen LogP contribution is 2.19. The largest absolute Gasteiger partial charge is 0.453 e. The average molecular weight is 412 g/mol. The first-order chi connectivity index (χ1) is 13.9. The Labute approximate surface area is 168 Å². The van der Waals surface area contributed by atoms with Gasteiger partial charge in [0, 0.05) is 28.1 Å². The lowest BCUT2D eigenvalue weighted by Gasteiger charge is -2.12. The molecule has 0 fully saturated rings. The summed E-state index contributed by atoms with van der Waals surface area (Å²) in [6.45, 7) is 0.874. The molecule has 2 aromatic carbocycles.